The van der Waals surface area contributed by atoms with Crippen molar-refractivity contribution in [2.45, 2.75) is 19.4 Å². The zero-order valence-corrected chi connectivity index (χ0v) is 11.2. The Morgan fingerprint density at radius 3 is 2.71 bits per heavy atom. The lowest BCUT2D eigenvalue weighted by Gasteiger charge is -2.15. The van der Waals surface area contributed by atoms with E-state index in [9.17, 15) is 0 Å². The third kappa shape index (κ3) is 2.77. The summed E-state index contributed by atoms with van der Waals surface area (Å²) in [5.74, 6) is 6.50. The van der Waals surface area contributed by atoms with Gasteiger partial charge < -0.3 is 4.42 Å². The van der Waals surface area contributed by atoms with Gasteiger partial charge in [0.1, 0.15) is 5.76 Å². The minimum absolute atomic E-state index is 0.0105. The Balaban J connectivity index is 2.22. The summed E-state index contributed by atoms with van der Waals surface area (Å²) in [5, 5.41) is 0. The second kappa shape index (κ2) is 5.49. The monoisotopic (exact) mass is 294 g/mol. The molecular weight excluding hydrogens is 280 g/mol. The molecule has 1 unspecified atom stereocenters. The van der Waals surface area contributed by atoms with Gasteiger partial charge in [0.2, 0.25) is 0 Å². The molecule has 0 saturated carbocycles. The number of benzene rings is 1. The van der Waals surface area contributed by atoms with E-state index in [4.69, 9.17) is 10.3 Å². The summed E-state index contributed by atoms with van der Waals surface area (Å²) in [6.45, 7) is 2.02. The van der Waals surface area contributed by atoms with Gasteiger partial charge in [0.15, 0.2) is 0 Å². The predicted octanol–water partition coefficient (Wildman–Crippen LogP) is 3.10. The molecule has 0 aliphatic rings. The lowest BCUT2D eigenvalue weighted by Crippen LogP contribution is -2.29. The fourth-order valence-corrected chi connectivity index (χ4v) is 2.30. The number of halogens is 1. The number of furan rings is 1. The van der Waals surface area contributed by atoms with E-state index in [1.54, 1.807) is 6.26 Å². The highest BCUT2D eigenvalue weighted by atomic mass is 79.9. The zero-order valence-electron chi connectivity index (χ0n) is 9.61. The van der Waals surface area contributed by atoms with Crippen LogP contribution in [0.15, 0.2) is 45.5 Å². The Morgan fingerprint density at radius 2 is 2.12 bits per heavy atom. The summed E-state index contributed by atoms with van der Waals surface area (Å²) in [7, 11) is 0. The molecule has 0 amide bonds. The highest BCUT2D eigenvalue weighted by Crippen LogP contribution is 2.25. The third-order valence-corrected chi connectivity index (χ3v) is 3.57. The van der Waals surface area contributed by atoms with E-state index in [2.05, 4.69) is 27.4 Å². The third-order valence-electron chi connectivity index (χ3n) is 2.80. The van der Waals surface area contributed by atoms with Crippen molar-refractivity contribution in [1.29, 1.82) is 0 Å². The van der Waals surface area contributed by atoms with Gasteiger partial charge in [-0.3, -0.25) is 5.84 Å². The van der Waals surface area contributed by atoms with Crippen molar-refractivity contribution in [3.8, 4) is 0 Å². The van der Waals surface area contributed by atoms with E-state index < -0.39 is 0 Å². The van der Waals surface area contributed by atoms with Crippen molar-refractivity contribution in [3.63, 3.8) is 0 Å². The Morgan fingerprint density at radius 1 is 1.35 bits per heavy atom. The maximum absolute atomic E-state index is 5.61. The van der Waals surface area contributed by atoms with E-state index in [1.807, 2.05) is 31.2 Å². The molecular formula is C13H15BrN2O. The molecule has 1 aromatic carbocycles. The van der Waals surface area contributed by atoms with Gasteiger partial charge >= 0.3 is 0 Å². The summed E-state index contributed by atoms with van der Waals surface area (Å²) in [5.41, 5.74) is 5.12. The van der Waals surface area contributed by atoms with Crippen LogP contribution in [-0.2, 0) is 6.42 Å². The Bertz CT molecular complexity index is 496. The largest absolute Gasteiger partial charge is 0.467 e. The number of nitrogens with two attached hydrogens (primary N) is 1. The molecule has 0 radical (unpaired) electrons. The SMILES string of the molecule is Cc1ccoc1C(Cc1ccccc1Br)NN. The molecule has 2 aromatic rings. The molecule has 1 atom stereocenters. The quantitative estimate of drug-likeness (QED) is 0.673. The maximum atomic E-state index is 5.61. The molecule has 0 aliphatic carbocycles. The molecule has 0 aliphatic heterocycles. The van der Waals surface area contributed by atoms with Crippen LogP contribution in [0.25, 0.3) is 0 Å². The fraction of sp³-hybridized carbons (Fsp3) is 0.231. The van der Waals surface area contributed by atoms with E-state index in [0.29, 0.717) is 0 Å². The van der Waals surface area contributed by atoms with Crippen molar-refractivity contribution in [3.05, 3.63) is 58.0 Å². The summed E-state index contributed by atoms with van der Waals surface area (Å²) in [4.78, 5) is 0. The van der Waals surface area contributed by atoms with Crippen LogP contribution in [0.2, 0.25) is 0 Å². The maximum Gasteiger partial charge on any atom is 0.125 e. The van der Waals surface area contributed by atoms with Crippen LogP contribution in [-0.4, -0.2) is 0 Å². The highest BCUT2D eigenvalue weighted by Gasteiger charge is 2.17. The molecule has 2 rings (SSSR count). The first-order valence-electron chi connectivity index (χ1n) is 5.46. The van der Waals surface area contributed by atoms with E-state index in [-0.39, 0.29) is 6.04 Å². The second-order valence-corrected chi connectivity index (χ2v) is 4.84. The molecule has 0 bridgehead atoms. The first kappa shape index (κ1) is 12.4. The molecule has 1 aromatic heterocycles. The normalized spacial score (nSPS) is 12.6. The van der Waals surface area contributed by atoms with Crippen LogP contribution >= 0.6 is 15.9 Å². The van der Waals surface area contributed by atoms with Gasteiger partial charge in [-0.05, 0) is 36.6 Å². The van der Waals surface area contributed by atoms with Crippen molar-refractivity contribution >= 4 is 15.9 Å². The summed E-state index contributed by atoms with van der Waals surface area (Å²) >= 11 is 3.54. The lowest BCUT2D eigenvalue weighted by atomic mass is 10.0. The zero-order chi connectivity index (χ0) is 12.3. The van der Waals surface area contributed by atoms with Crippen LogP contribution in [0.5, 0.6) is 0 Å². The van der Waals surface area contributed by atoms with Crippen molar-refractivity contribution in [1.82, 2.24) is 5.43 Å². The van der Waals surface area contributed by atoms with Crippen molar-refractivity contribution in [2.24, 2.45) is 5.84 Å². The lowest BCUT2D eigenvalue weighted by molar-refractivity contribution is 0.413. The Kier molecular flexibility index (Phi) is 3.99. The van der Waals surface area contributed by atoms with Crippen LogP contribution in [0.3, 0.4) is 0 Å². The van der Waals surface area contributed by atoms with Gasteiger partial charge in [-0.25, -0.2) is 5.43 Å². The Labute approximate surface area is 109 Å². The van der Waals surface area contributed by atoms with E-state index in [0.717, 1.165) is 22.2 Å². The van der Waals surface area contributed by atoms with Gasteiger partial charge in [0, 0.05) is 4.47 Å². The molecule has 17 heavy (non-hydrogen) atoms. The fourth-order valence-electron chi connectivity index (χ4n) is 1.85. The predicted molar refractivity (Wildman–Crippen MR) is 71.4 cm³/mol. The van der Waals surface area contributed by atoms with Crippen molar-refractivity contribution < 1.29 is 4.42 Å². The van der Waals surface area contributed by atoms with Gasteiger partial charge in [-0.15, -0.1) is 0 Å². The average Bonchev–Trinajstić information content (AvgIpc) is 2.75. The standard InChI is InChI=1S/C13H15BrN2O/c1-9-6-7-17-13(9)12(16-15)8-10-4-2-3-5-11(10)14/h2-7,12,16H,8,15H2,1H3. The summed E-state index contributed by atoms with van der Waals surface area (Å²) in [6.07, 6.45) is 2.47. The van der Waals surface area contributed by atoms with Crippen molar-refractivity contribution in [2.75, 3.05) is 0 Å². The Hall–Kier alpha value is -1.10. The first-order valence-corrected chi connectivity index (χ1v) is 6.25. The number of hydrogen-bond donors (Lipinski definition) is 2. The number of hydrogen-bond acceptors (Lipinski definition) is 3. The minimum Gasteiger partial charge on any atom is -0.467 e. The molecule has 3 N–H and O–H groups in total. The molecule has 3 nitrogen and oxygen atoms in total. The smallest absolute Gasteiger partial charge is 0.125 e. The van der Waals surface area contributed by atoms with Gasteiger partial charge in [-0.2, -0.15) is 0 Å². The van der Waals surface area contributed by atoms with Gasteiger partial charge in [0.25, 0.3) is 0 Å². The topological polar surface area (TPSA) is 51.2 Å². The van der Waals surface area contributed by atoms with E-state index in [1.165, 1.54) is 5.56 Å². The number of rotatable bonds is 4. The minimum atomic E-state index is -0.0105. The van der Waals surface area contributed by atoms with Gasteiger partial charge in [0.05, 0.1) is 12.3 Å². The van der Waals surface area contributed by atoms with Crippen LogP contribution in [0.4, 0.5) is 0 Å². The molecule has 0 spiro atoms. The van der Waals surface area contributed by atoms with E-state index >= 15 is 0 Å². The highest BCUT2D eigenvalue weighted by molar-refractivity contribution is 9.10. The number of aryl methyl sites for hydroxylation is 1. The number of hydrazine groups is 1. The molecule has 0 fully saturated rings. The molecule has 0 saturated heterocycles. The second-order valence-electron chi connectivity index (χ2n) is 3.98. The first-order chi connectivity index (χ1) is 8.22. The van der Waals surface area contributed by atoms with Crippen LogP contribution in [0, 0.1) is 6.92 Å². The van der Waals surface area contributed by atoms with Gasteiger partial charge in [-0.1, -0.05) is 34.1 Å². The molecule has 90 valence electrons. The summed E-state index contributed by atoms with van der Waals surface area (Å²) < 4.78 is 6.56. The van der Waals surface area contributed by atoms with Crippen LogP contribution in [0.1, 0.15) is 22.9 Å². The number of nitrogens with one attached hydrogen (secondary N) is 1. The van der Waals surface area contributed by atoms with Crippen LogP contribution < -0.4 is 11.3 Å². The molecule has 4 heteroatoms. The average molecular weight is 295 g/mol. The molecule has 1 heterocycles. The summed E-state index contributed by atoms with van der Waals surface area (Å²) in [6, 6.07) is 10.0.